The summed E-state index contributed by atoms with van der Waals surface area (Å²) in [5.74, 6) is 0.744. The van der Waals surface area contributed by atoms with E-state index in [2.05, 4.69) is 15.5 Å². The van der Waals surface area contributed by atoms with Gasteiger partial charge in [0.1, 0.15) is 0 Å². The first-order valence-electron chi connectivity index (χ1n) is 6.48. The molecule has 0 saturated carbocycles. The van der Waals surface area contributed by atoms with Crippen LogP contribution < -0.4 is 5.73 Å². The second-order valence-corrected chi connectivity index (χ2v) is 4.83. The van der Waals surface area contributed by atoms with Crippen LogP contribution in [0.1, 0.15) is 24.4 Å². The molecule has 3 rings (SSSR count). The number of ether oxygens (including phenoxy) is 1. The zero-order valence-electron chi connectivity index (χ0n) is 10.9. The van der Waals surface area contributed by atoms with E-state index < -0.39 is 0 Å². The lowest BCUT2D eigenvalue weighted by atomic mass is 10.1. The summed E-state index contributed by atoms with van der Waals surface area (Å²) in [5, 5.41) is 12.1. The molecule has 2 aromatic rings. The summed E-state index contributed by atoms with van der Waals surface area (Å²) in [6, 6.07) is 6.22. The molecule has 1 saturated heterocycles. The van der Waals surface area contributed by atoms with E-state index in [-0.39, 0.29) is 0 Å². The van der Waals surface area contributed by atoms with Crippen molar-refractivity contribution in [2.45, 2.75) is 25.8 Å². The van der Waals surface area contributed by atoms with Gasteiger partial charge in [0.25, 0.3) is 0 Å². The smallest absolute Gasteiger partial charge is 0.184 e. The first-order chi connectivity index (χ1) is 9.27. The predicted octanol–water partition coefficient (Wildman–Crippen LogP) is 1.58. The van der Waals surface area contributed by atoms with Crippen LogP contribution in [0.5, 0.6) is 0 Å². The molecule has 6 nitrogen and oxygen atoms in total. The summed E-state index contributed by atoms with van der Waals surface area (Å²) in [7, 11) is 0. The van der Waals surface area contributed by atoms with Gasteiger partial charge in [-0.2, -0.15) is 0 Å². The highest BCUT2D eigenvalue weighted by molar-refractivity contribution is 5.74. The lowest BCUT2D eigenvalue weighted by Crippen LogP contribution is -2.21. The first-order valence-corrected chi connectivity index (χ1v) is 6.48. The summed E-state index contributed by atoms with van der Waals surface area (Å²) in [5.41, 5.74) is 8.82. The third-order valence-corrected chi connectivity index (χ3v) is 3.59. The Kier molecular flexibility index (Phi) is 3.16. The number of aryl methyl sites for hydroxylation is 1. The van der Waals surface area contributed by atoms with E-state index in [1.54, 1.807) is 0 Å². The number of hydrogen-bond acceptors (Lipinski definition) is 5. The molecule has 0 aliphatic carbocycles. The number of hydrogen-bond donors (Lipinski definition) is 1. The molecule has 1 aliphatic heterocycles. The Labute approximate surface area is 111 Å². The third-order valence-electron chi connectivity index (χ3n) is 3.59. The highest BCUT2D eigenvalue weighted by atomic mass is 16.5. The minimum Gasteiger partial charge on any atom is -0.398 e. The number of nitrogens with zero attached hydrogens (tertiary/aromatic N) is 4. The molecule has 0 atom stereocenters. The van der Waals surface area contributed by atoms with E-state index >= 15 is 0 Å². The fourth-order valence-electron chi connectivity index (χ4n) is 2.42. The number of aromatic nitrogens is 4. The van der Waals surface area contributed by atoms with Gasteiger partial charge in [-0.05, 0) is 41.8 Å². The van der Waals surface area contributed by atoms with Crippen LogP contribution in [0.4, 0.5) is 5.69 Å². The van der Waals surface area contributed by atoms with E-state index in [0.29, 0.717) is 6.04 Å². The highest BCUT2D eigenvalue weighted by Gasteiger charge is 2.22. The van der Waals surface area contributed by atoms with Crippen molar-refractivity contribution in [3.63, 3.8) is 0 Å². The topological polar surface area (TPSA) is 78.8 Å². The summed E-state index contributed by atoms with van der Waals surface area (Å²) in [4.78, 5) is 0. The standard InChI is InChI=1S/C13H17N5O/c1-9-3-2-4-11(12(9)14)13-15-16-17-18(13)10-5-7-19-8-6-10/h2-4,10H,5-8,14H2,1H3. The van der Waals surface area contributed by atoms with Crippen molar-refractivity contribution in [1.82, 2.24) is 20.2 Å². The lowest BCUT2D eigenvalue weighted by Gasteiger charge is -2.23. The molecule has 19 heavy (non-hydrogen) atoms. The van der Waals surface area contributed by atoms with Crippen molar-refractivity contribution >= 4 is 5.69 Å². The second kappa shape index (κ2) is 4.97. The van der Waals surface area contributed by atoms with Gasteiger partial charge in [-0.25, -0.2) is 4.68 Å². The van der Waals surface area contributed by atoms with Crippen LogP contribution >= 0.6 is 0 Å². The number of anilines is 1. The number of nitrogen functional groups attached to an aromatic ring is 1. The molecule has 0 unspecified atom stereocenters. The Balaban J connectivity index is 2.01. The van der Waals surface area contributed by atoms with Crippen molar-refractivity contribution in [3.8, 4) is 11.4 Å². The number of para-hydroxylation sites is 1. The van der Waals surface area contributed by atoms with Crippen LogP contribution in [-0.2, 0) is 4.74 Å². The molecule has 2 heterocycles. The number of rotatable bonds is 2. The predicted molar refractivity (Wildman–Crippen MR) is 71.5 cm³/mol. The molecule has 6 heteroatoms. The van der Waals surface area contributed by atoms with E-state index in [1.807, 2.05) is 29.8 Å². The van der Waals surface area contributed by atoms with Crippen LogP contribution in [-0.4, -0.2) is 33.4 Å². The second-order valence-electron chi connectivity index (χ2n) is 4.83. The zero-order chi connectivity index (χ0) is 13.2. The van der Waals surface area contributed by atoms with Crippen molar-refractivity contribution in [3.05, 3.63) is 23.8 Å². The fraction of sp³-hybridized carbons (Fsp3) is 0.462. The Hall–Kier alpha value is -1.95. The van der Waals surface area contributed by atoms with Crippen molar-refractivity contribution in [1.29, 1.82) is 0 Å². The van der Waals surface area contributed by atoms with Crippen LogP contribution in [0.15, 0.2) is 18.2 Å². The third kappa shape index (κ3) is 2.19. The minimum atomic E-state index is 0.290. The molecule has 1 fully saturated rings. The molecule has 1 aliphatic rings. The van der Waals surface area contributed by atoms with Gasteiger partial charge in [-0.1, -0.05) is 12.1 Å². The van der Waals surface area contributed by atoms with Crippen LogP contribution in [0.2, 0.25) is 0 Å². The largest absolute Gasteiger partial charge is 0.398 e. The Morgan fingerprint density at radius 2 is 2.11 bits per heavy atom. The van der Waals surface area contributed by atoms with Gasteiger partial charge >= 0.3 is 0 Å². The summed E-state index contributed by atoms with van der Waals surface area (Å²) >= 11 is 0. The van der Waals surface area contributed by atoms with Gasteiger partial charge in [0.2, 0.25) is 0 Å². The van der Waals surface area contributed by atoms with E-state index in [1.165, 1.54) is 0 Å². The Bertz CT molecular complexity index is 574. The Morgan fingerprint density at radius 1 is 1.32 bits per heavy atom. The maximum atomic E-state index is 6.14. The van der Waals surface area contributed by atoms with Crippen LogP contribution in [0, 0.1) is 6.92 Å². The van der Waals surface area contributed by atoms with Crippen LogP contribution in [0.25, 0.3) is 11.4 Å². The SMILES string of the molecule is Cc1cccc(-c2nnnn2C2CCOCC2)c1N. The van der Waals surface area contributed by atoms with Crippen molar-refractivity contribution in [2.24, 2.45) is 0 Å². The fourth-order valence-corrected chi connectivity index (χ4v) is 2.42. The molecule has 1 aromatic heterocycles. The molecular weight excluding hydrogens is 242 g/mol. The first kappa shape index (κ1) is 12.1. The summed E-state index contributed by atoms with van der Waals surface area (Å²) < 4.78 is 7.26. The van der Waals surface area contributed by atoms with Crippen LogP contribution in [0.3, 0.4) is 0 Å². The highest BCUT2D eigenvalue weighted by Crippen LogP contribution is 2.30. The normalized spacial score (nSPS) is 16.7. The molecule has 0 radical (unpaired) electrons. The number of nitrogens with two attached hydrogens (primary N) is 1. The summed E-state index contributed by atoms with van der Waals surface area (Å²) in [6.45, 7) is 3.50. The lowest BCUT2D eigenvalue weighted by molar-refractivity contribution is 0.0662. The molecule has 2 N–H and O–H groups in total. The van der Waals surface area contributed by atoms with Crippen molar-refractivity contribution in [2.75, 3.05) is 18.9 Å². The molecule has 0 amide bonds. The average Bonchev–Trinajstić information content (AvgIpc) is 2.92. The molecular formula is C13H17N5O. The van der Waals surface area contributed by atoms with Gasteiger partial charge in [-0.15, -0.1) is 5.10 Å². The van der Waals surface area contributed by atoms with Gasteiger partial charge in [-0.3, -0.25) is 0 Å². The van der Waals surface area contributed by atoms with Gasteiger partial charge < -0.3 is 10.5 Å². The van der Waals surface area contributed by atoms with Gasteiger partial charge in [0.05, 0.1) is 6.04 Å². The van der Waals surface area contributed by atoms with Gasteiger partial charge in [0, 0.05) is 24.5 Å². The molecule has 1 aromatic carbocycles. The Morgan fingerprint density at radius 3 is 2.89 bits per heavy atom. The van der Waals surface area contributed by atoms with E-state index in [9.17, 15) is 0 Å². The van der Waals surface area contributed by atoms with E-state index in [4.69, 9.17) is 10.5 Å². The average molecular weight is 259 g/mol. The number of benzene rings is 1. The molecule has 0 bridgehead atoms. The van der Waals surface area contributed by atoms with Crippen molar-refractivity contribution < 1.29 is 4.74 Å². The summed E-state index contributed by atoms with van der Waals surface area (Å²) in [6.07, 6.45) is 1.87. The molecule has 100 valence electrons. The zero-order valence-corrected chi connectivity index (χ0v) is 10.9. The maximum Gasteiger partial charge on any atom is 0.184 e. The van der Waals surface area contributed by atoms with E-state index in [0.717, 1.165) is 48.7 Å². The molecule has 0 spiro atoms. The van der Waals surface area contributed by atoms with Gasteiger partial charge in [0.15, 0.2) is 5.82 Å². The monoisotopic (exact) mass is 259 g/mol. The number of tetrazole rings is 1. The maximum absolute atomic E-state index is 6.14. The minimum absolute atomic E-state index is 0.290. The quantitative estimate of drug-likeness (QED) is 0.828.